The van der Waals surface area contributed by atoms with Crippen LogP contribution in [0.5, 0.6) is 34.5 Å². The van der Waals surface area contributed by atoms with Gasteiger partial charge in [-0.1, -0.05) is 24.3 Å². The standard InChI is InChI=1S/C28H26O8P4/c1-9(2)17-21-13(7-15(35-37)27(17)36-38)25(31)19(11(5)23(21)29)20-12(6)24(30)22-14(26(20)32)8-16(39-33)28(40-34)18(22)10(3)4/h7-8,29-32H,5-6,37-38H2,1-4H3. The lowest BCUT2D eigenvalue weighted by Gasteiger charge is -2.19. The summed E-state index contributed by atoms with van der Waals surface area (Å²) in [6.07, 6.45) is 0. The van der Waals surface area contributed by atoms with Crippen LogP contribution >= 0.6 is 35.9 Å². The van der Waals surface area contributed by atoms with E-state index in [0.717, 1.165) is 5.57 Å². The normalized spacial score (nSPS) is 11.4. The zero-order valence-electron chi connectivity index (χ0n) is 22.0. The van der Waals surface area contributed by atoms with Crippen molar-refractivity contribution in [1.82, 2.24) is 0 Å². The van der Waals surface area contributed by atoms with E-state index in [2.05, 4.69) is 32.1 Å². The van der Waals surface area contributed by atoms with Gasteiger partial charge in [0.2, 0.25) is 0 Å². The van der Waals surface area contributed by atoms with Crippen molar-refractivity contribution in [1.29, 1.82) is 0 Å². The first kappa shape index (κ1) is 29.7. The van der Waals surface area contributed by atoms with E-state index in [9.17, 15) is 29.6 Å². The molecule has 0 bridgehead atoms. The molecule has 4 aromatic rings. The molecule has 0 fully saturated rings. The molecule has 4 N–H and O–H groups in total. The summed E-state index contributed by atoms with van der Waals surface area (Å²) in [5.41, 5.74) is 1.22. The smallest absolute Gasteiger partial charge is 0.194 e. The number of phenols is 4. The molecule has 4 aromatic carbocycles. The van der Waals surface area contributed by atoms with E-state index in [0.29, 0.717) is 21.8 Å². The number of benzene rings is 4. The Hall–Kier alpha value is -3.26. The summed E-state index contributed by atoms with van der Waals surface area (Å²) < 4.78 is 34.9. The maximum atomic E-state index is 12.0. The summed E-state index contributed by atoms with van der Waals surface area (Å²) in [5.74, 6) is -0.889. The van der Waals surface area contributed by atoms with Crippen molar-refractivity contribution < 1.29 is 38.6 Å². The van der Waals surface area contributed by atoms with E-state index in [1.54, 1.807) is 27.7 Å². The Morgan fingerprint density at radius 1 is 0.725 bits per heavy atom. The van der Waals surface area contributed by atoms with Gasteiger partial charge in [0, 0.05) is 53.5 Å². The molecule has 206 valence electrons. The molecular weight excluding hydrogens is 588 g/mol. The molecule has 40 heavy (non-hydrogen) atoms. The molecule has 0 aromatic heterocycles. The molecule has 8 nitrogen and oxygen atoms in total. The SMILES string of the molecule is C=c1c(-c2c(O)c3cc(P=O)c(P=O)c(=C(C)C)c3c(O)c2=C)c(O)c2cc(OP)c(OP)c(=C(C)C)c2c1O. The summed E-state index contributed by atoms with van der Waals surface area (Å²) >= 11 is 0. The van der Waals surface area contributed by atoms with Crippen LogP contribution in [0.2, 0.25) is 0 Å². The monoisotopic (exact) mass is 614 g/mol. The van der Waals surface area contributed by atoms with Crippen molar-refractivity contribution >= 4 is 92.3 Å². The van der Waals surface area contributed by atoms with E-state index in [-0.39, 0.29) is 76.7 Å². The van der Waals surface area contributed by atoms with Gasteiger partial charge in [0.15, 0.2) is 28.4 Å². The first-order chi connectivity index (χ1) is 18.9. The Morgan fingerprint density at radius 2 is 1.20 bits per heavy atom. The molecular formula is C28H26O8P4. The van der Waals surface area contributed by atoms with Crippen LogP contribution in [0.4, 0.5) is 0 Å². The molecule has 0 spiro atoms. The minimum Gasteiger partial charge on any atom is -0.507 e. The van der Waals surface area contributed by atoms with Crippen molar-refractivity contribution in [3.8, 4) is 45.6 Å². The van der Waals surface area contributed by atoms with Crippen molar-refractivity contribution in [2.24, 2.45) is 0 Å². The molecule has 0 radical (unpaired) electrons. The van der Waals surface area contributed by atoms with Gasteiger partial charge < -0.3 is 29.5 Å². The number of fused-ring (bicyclic) bond motifs is 2. The predicted octanol–water partition coefficient (Wildman–Crippen LogP) is 3.86. The average molecular weight is 614 g/mol. The lowest BCUT2D eigenvalue weighted by atomic mass is 9.90. The predicted molar refractivity (Wildman–Crippen MR) is 168 cm³/mol. The van der Waals surface area contributed by atoms with Crippen LogP contribution < -0.4 is 40.5 Å². The second-order valence-electron chi connectivity index (χ2n) is 9.56. The van der Waals surface area contributed by atoms with Crippen LogP contribution in [-0.4, -0.2) is 20.4 Å². The van der Waals surface area contributed by atoms with Crippen LogP contribution in [0.25, 0.3) is 57.0 Å². The van der Waals surface area contributed by atoms with E-state index < -0.39 is 22.7 Å². The lowest BCUT2D eigenvalue weighted by Crippen LogP contribution is -2.32. The molecule has 0 amide bonds. The van der Waals surface area contributed by atoms with Crippen LogP contribution in [0.3, 0.4) is 0 Å². The Morgan fingerprint density at radius 3 is 1.60 bits per heavy atom. The van der Waals surface area contributed by atoms with Crippen LogP contribution in [0.15, 0.2) is 12.1 Å². The highest BCUT2D eigenvalue weighted by Gasteiger charge is 2.26. The van der Waals surface area contributed by atoms with E-state index in [4.69, 9.17) is 9.05 Å². The zero-order chi connectivity index (χ0) is 29.8. The first-order valence-electron chi connectivity index (χ1n) is 11.7. The largest absolute Gasteiger partial charge is 0.507 e. The van der Waals surface area contributed by atoms with Crippen LogP contribution in [-0.2, 0) is 9.13 Å². The molecule has 12 heteroatoms. The van der Waals surface area contributed by atoms with E-state index in [1.165, 1.54) is 12.1 Å². The fourth-order valence-corrected chi connectivity index (χ4v) is 6.75. The fourth-order valence-electron chi connectivity index (χ4n) is 5.13. The molecule has 0 heterocycles. The Kier molecular flexibility index (Phi) is 8.14. The number of phenolic OH excluding ortho intramolecular Hbond substituents is 4. The van der Waals surface area contributed by atoms with Crippen LogP contribution in [0, 0.1) is 0 Å². The highest BCUT2D eigenvalue weighted by molar-refractivity contribution is 7.42. The van der Waals surface area contributed by atoms with Gasteiger partial charge in [0.1, 0.15) is 23.0 Å². The van der Waals surface area contributed by atoms with Gasteiger partial charge in [-0.05, 0) is 39.8 Å². The minimum absolute atomic E-state index is 0.0453. The third-order valence-corrected chi connectivity index (χ3v) is 8.71. The topological polar surface area (TPSA) is 134 Å². The minimum atomic E-state index is -0.450. The van der Waals surface area contributed by atoms with Gasteiger partial charge in [0.25, 0.3) is 0 Å². The molecule has 0 saturated heterocycles. The first-order valence-corrected chi connectivity index (χ1v) is 14.3. The molecule has 0 saturated carbocycles. The third kappa shape index (κ3) is 4.23. The molecule has 0 aliphatic rings. The highest BCUT2D eigenvalue weighted by Crippen LogP contribution is 2.44. The summed E-state index contributed by atoms with van der Waals surface area (Å²) in [6.45, 7) is 15.0. The third-order valence-electron chi connectivity index (χ3n) is 6.84. The van der Waals surface area contributed by atoms with Gasteiger partial charge in [-0.3, -0.25) is 9.13 Å². The Bertz CT molecular complexity index is 2030. The lowest BCUT2D eigenvalue weighted by molar-refractivity contribution is 0.460. The van der Waals surface area contributed by atoms with Crippen LogP contribution in [0.1, 0.15) is 27.7 Å². The van der Waals surface area contributed by atoms with E-state index in [1.807, 2.05) is 0 Å². The molecule has 0 aliphatic heterocycles. The van der Waals surface area contributed by atoms with Gasteiger partial charge in [-0.15, -0.1) is 0 Å². The van der Waals surface area contributed by atoms with Crippen molar-refractivity contribution in [3.05, 3.63) is 33.0 Å². The molecule has 2 unspecified atom stereocenters. The van der Waals surface area contributed by atoms with Crippen molar-refractivity contribution in [2.45, 2.75) is 27.7 Å². The second kappa shape index (κ2) is 11.0. The second-order valence-corrected chi connectivity index (χ2v) is 11.3. The van der Waals surface area contributed by atoms with Crippen molar-refractivity contribution in [2.75, 3.05) is 0 Å². The molecule has 2 atom stereocenters. The molecule has 4 rings (SSSR count). The highest BCUT2D eigenvalue weighted by atomic mass is 31.1. The number of rotatable bonds is 5. The zero-order valence-corrected chi connectivity index (χ0v) is 26.1. The average Bonchev–Trinajstić information content (AvgIpc) is 2.93. The van der Waals surface area contributed by atoms with Gasteiger partial charge >= 0.3 is 0 Å². The van der Waals surface area contributed by atoms with Gasteiger partial charge in [0.05, 0.1) is 29.5 Å². The number of hydrogen-bond donors (Lipinski definition) is 4. The Labute approximate surface area is 236 Å². The summed E-state index contributed by atoms with van der Waals surface area (Å²) in [5, 5.41) is 47.8. The summed E-state index contributed by atoms with van der Waals surface area (Å²) in [7, 11) is 3.37. The fraction of sp³-hybridized carbons (Fsp3) is 0.143. The van der Waals surface area contributed by atoms with Gasteiger partial charge in [-0.2, -0.15) is 0 Å². The molecule has 0 aliphatic carbocycles. The number of hydrogen-bond acceptors (Lipinski definition) is 8. The maximum absolute atomic E-state index is 12.0. The van der Waals surface area contributed by atoms with E-state index >= 15 is 0 Å². The van der Waals surface area contributed by atoms with Crippen molar-refractivity contribution in [3.63, 3.8) is 0 Å². The summed E-state index contributed by atoms with van der Waals surface area (Å²) in [4.78, 5) is 0. The summed E-state index contributed by atoms with van der Waals surface area (Å²) in [6, 6.07) is 2.82. The number of aromatic hydroxyl groups is 4. The Balaban J connectivity index is 2.36. The van der Waals surface area contributed by atoms with Gasteiger partial charge in [-0.25, -0.2) is 0 Å². The maximum Gasteiger partial charge on any atom is 0.194 e. The quantitative estimate of drug-likeness (QED) is 0.197.